The molecule has 0 saturated heterocycles. The molecule has 0 fully saturated rings. The monoisotopic (exact) mass is 629 g/mol. The molecular weight excluding hydrogens is 597 g/mol. The van der Waals surface area contributed by atoms with Crippen molar-refractivity contribution in [3.8, 4) is 11.5 Å². The van der Waals surface area contributed by atoms with E-state index in [0.717, 1.165) is 17.7 Å². The van der Waals surface area contributed by atoms with E-state index in [1.165, 1.54) is 43.3 Å². The van der Waals surface area contributed by atoms with Crippen LogP contribution in [0, 0.1) is 10.1 Å². The van der Waals surface area contributed by atoms with Crippen LogP contribution in [0.1, 0.15) is 31.9 Å². The number of hydrogen-bond donors (Lipinski definition) is 3. The smallest absolute Gasteiger partial charge is 0.480 e. The van der Waals surface area contributed by atoms with E-state index in [2.05, 4.69) is 10.4 Å². The fourth-order valence-corrected chi connectivity index (χ4v) is 5.15. The third-order valence-electron chi connectivity index (χ3n) is 5.72. The van der Waals surface area contributed by atoms with Crippen molar-refractivity contribution in [2.45, 2.75) is 52.0 Å². The maximum absolute atomic E-state index is 13.8. The van der Waals surface area contributed by atoms with Gasteiger partial charge in [0, 0.05) is 18.6 Å². The van der Waals surface area contributed by atoms with Crippen LogP contribution in [0.4, 0.5) is 10.5 Å². The normalized spacial score (nSPS) is 13.5. The molecule has 1 amide bonds. The summed E-state index contributed by atoms with van der Waals surface area (Å²) in [4.78, 5) is 46.7. The number of carbonyl (C=O) groups is 3. The van der Waals surface area contributed by atoms with Gasteiger partial charge in [0.25, 0.3) is 5.69 Å². The van der Waals surface area contributed by atoms with Crippen molar-refractivity contribution >= 4 is 31.5 Å². The van der Waals surface area contributed by atoms with Crippen molar-refractivity contribution in [1.82, 2.24) is 10.4 Å². The van der Waals surface area contributed by atoms with Crippen LogP contribution in [0.2, 0.25) is 0 Å². The number of carboxylic acids is 1. The maximum Gasteiger partial charge on any atom is 0.513 e. The molecule has 0 saturated carbocycles. The number of nitrogens with one attached hydrogen (secondary N) is 2. The summed E-state index contributed by atoms with van der Waals surface area (Å²) in [6, 6.07) is 17.0. The second-order valence-corrected chi connectivity index (χ2v) is 11.3. The lowest BCUT2D eigenvalue weighted by atomic mass is 10.1. The van der Waals surface area contributed by atoms with Crippen molar-refractivity contribution in [1.29, 1.82) is 0 Å². The predicted molar refractivity (Wildman–Crippen MR) is 157 cm³/mol. The van der Waals surface area contributed by atoms with Crippen molar-refractivity contribution in [2.24, 2.45) is 0 Å². The van der Waals surface area contributed by atoms with Crippen LogP contribution in [-0.2, 0) is 36.7 Å². The Bertz CT molecular complexity index is 1480. The van der Waals surface area contributed by atoms with E-state index in [1.807, 2.05) is 6.07 Å². The van der Waals surface area contributed by atoms with Crippen LogP contribution in [0.25, 0.3) is 0 Å². The summed E-state index contributed by atoms with van der Waals surface area (Å²) in [6.45, 7) is 4.66. The van der Waals surface area contributed by atoms with E-state index in [1.54, 1.807) is 38.1 Å². The number of esters is 1. The van der Waals surface area contributed by atoms with Crippen LogP contribution >= 0.6 is 7.75 Å². The van der Waals surface area contributed by atoms with E-state index in [0.29, 0.717) is 5.56 Å². The van der Waals surface area contributed by atoms with Crippen LogP contribution in [-0.4, -0.2) is 46.2 Å². The van der Waals surface area contributed by atoms with Crippen LogP contribution < -0.4 is 19.5 Å². The minimum absolute atomic E-state index is 0.0260. The van der Waals surface area contributed by atoms with Crippen LogP contribution in [0.15, 0.2) is 78.9 Å². The van der Waals surface area contributed by atoms with Gasteiger partial charge in [0.05, 0.1) is 11.0 Å². The van der Waals surface area contributed by atoms with Gasteiger partial charge in [-0.05, 0) is 56.2 Å². The number of alkyl carbamates (subject to hydrolysis) is 1. The number of hydrogen-bond acceptors (Lipinski definition) is 10. The topological polar surface area (TPSA) is 193 Å². The van der Waals surface area contributed by atoms with Crippen LogP contribution in [0.5, 0.6) is 11.5 Å². The summed E-state index contributed by atoms with van der Waals surface area (Å²) < 4.78 is 35.2. The summed E-state index contributed by atoms with van der Waals surface area (Å²) in [6.07, 6.45) is -1.45. The number of ether oxygens (including phenoxy) is 2. The van der Waals surface area contributed by atoms with Gasteiger partial charge < -0.3 is 28.9 Å². The number of carboxylic acid groups (broad SMARTS) is 1. The zero-order valence-electron chi connectivity index (χ0n) is 24.1. The summed E-state index contributed by atoms with van der Waals surface area (Å²) in [5, 5.41) is 25.4. The lowest BCUT2D eigenvalue weighted by molar-refractivity contribution is -0.384. The van der Waals surface area contributed by atoms with Gasteiger partial charge in [-0.15, -0.1) is 0 Å². The SMILES string of the molecule is CC(C)OC(=O)C(C)NP(=O)(Oc1ccc(CC(NC(=O)OCc2ccccc2)C(=O)O)cc1)Oc1ccc([N+](=O)[O-])cc1. The predicted octanol–water partition coefficient (Wildman–Crippen LogP) is 5.01. The average Bonchev–Trinajstić information content (AvgIpc) is 2.97. The van der Waals surface area contributed by atoms with Gasteiger partial charge in [-0.1, -0.05) is 42.5 Å². The Morgan fingerprint density at radius 2 is 1.45 bits per heavy atom. The number of nitro groups is 1. The number of nitro benzene ring substituents is 1. The summed E-state index contributed by atoms with van der Waals surface area (Å²) >= 11 is 0. The summed E-state index contributed by atoms with van der Waals surface area (Å²) in [5.74, 6) is -2.02. The Labute approximate surface area is 253 Å². The standard InChI is InChI=1S/C29H32N3O11P/c1-19(2)41-28(35)20(3)31-44(39,43-25-15-11-23(12-16-25)32(37)38)42-24-13-9-21(10-14-24)17-26(27(33)34)30-29(36)40-18-22-7-5-4-6-8-22/h4-16,19-20,26H,17-18H2,1-3H3,(H,30,36)(H,31,39)(H,33,34). The Morgan fingerprint density at radius 1 is 0.886 bits per heavy atom. The third kappa shape index (κ3) is 10.7. The maximum atomic E-state index is 13.8. The van der Waals surface area contributed by atoms with Crippen molar-refractivity contribution in [2.75, 3.05) is 0 Å². The first-order valence-electron chi connectivity index (χ1n) is 13.3. The second-order valence-electron chi connectivity index (χ2n) is 9.71. The van der Waals surface area contributed by atoms with Gasteiger partial charge in [0.1, 0.15) is 30.2 Å². The fraction of sp³-hybridized carbons (Fsp3) is 0.276. The minimum Gasteiger partial charge on any atom is -0.480 e. The molecular formula is C29H32N3O11P. The molecule has 0 bridgehead atoms. The highest BCUT2D eigenvalue weighted by atomic mass is 31.2. The summed E-state index contributed by atoms with van der Waals surface area (Å²) in [5.41, 5.74) is 1.01. The number of amides is 1. The Hall–Kier alpha value is -4.94. The fourth-order valence-electron chi connectivity index (χ4n) is 3.63. The molecule has 0 radical (unpaired) electrons. The number of benzene rings is 3. The van der Waals surface area contributed by atoms with E-state index in [4.69, 9.17) is 18.5 Å². The molecule has 15 heteroatoms. The first-order chi connectivity index (χ1) is 20.8. The van der Waals surface area contributed by atoms with E-state index < -0.39 is 48.9 Å². The molecule has 0 aliphatic rings. The zero-order chi connectivity index (χ0) is 32.3. The van der Waals surface area contributed by atoms with Crippen molar-refractivity contribution in [3.63, 3.8) is 0 Å². The minimum atomic E-state index is -4.35. The molecule has 3 N–H and O–H groups in total. The van der Waals surface area contributed by atoms with Crippen molar-refractivity contribution in [3.05, 3.63) is 100 Å². The molecule has 0 aromatic heterocycles. The van der Waals surface area contributed by atoms with Gasteiger partial charge in [-0.25, -0.2) is 14.2 Å². The van der Waals surface area contributed by atoms with Gasteiger partial charge >= 0.3 is 25.8 Å². The lowest BCUT2D eigenvalue weighted by Gasteiger charge is -2.23. The molecule has 14 nitrogen and oxygen atoms in total. The highest BCUT2D eigenvalue weighted by Gasteiger charge is 2.34. The number of rotatable bonds is 15. The van der Waals surface area contributed by atoms with E-state index in [9.17, 15) is 34.2 Å². The largest absolute Gasteiger partial charge is 0.513 e. The lowest BCUT2D eigenvalue weighted by Crippen LogP contribution is -2.42. The molecule has 0 aliphatic heterocycles. The Kier molecular flexibility index (Phi) is 11.8. The van der Waals surface area contributed by atoms with Crippen LogP contribution in [0.3, 0.4) is 0 Å². The average molecular weight is 630 g/mol. The Balaban J connectivity index is 1.70. The quantitative estimate of drug-likeness (QED) is 0.0882. The number of non-ortho nitro benzene ring substituents is 1. The highest BCUT2D eigenvalue weighted by Crippen LogP contribution is 2.45. The number of aliphatic carboxylic acids is 1. The molecule has 0 heterocycles. The van der Waals surface area contributed by atoms with Gasteiger partial charge in [-0.3, -0.25) is 14.9 Å². The van der Waals surface area contributed by atoms with Gasteiger partial charge in [-0.2, -0.15) is 5.09 Å². The Morgan fingerprint density at radius 3 is 1.98 bits per heavy atom. The summed E-state index contributed by atoms with van der Waals surface area (Å²) in [7, 11) is -4.35. The molecule has 3 rings (SSSR count). The molecule has 3 aromatic rings. The third-order valence-corrected chi connectivity index (χ3v) is 7.33. The molecule has 234 valence electrons. The number of carbonyl (C=O) groups excluding carboxylic acids is 2. The molecule has 3 unspecified atom stereocenters. The van der Waals surface area contributed by atoms with E-state index >= 15 is 0 Å². The van der Waals surface area contributed by atoms with E-state index in [-0.39, 0.29) is 30.2 Å². The van der Waals surface area contributed by atoms with Gasteiger partial charge in [0.2, 0.25) is 0 Å². The zero-order valence-corrected chi connectivity index (χ0v) is 25.0. The molecule has 0 spiro atoms. The first kappa shape index (κ1) is 33.6. The number of nitrogens with zero attached hydrogens (tertiary/aromatic N) is 1. The first-order valence-corrected chi connectivity index (χ1v) is 14.9. The molecule has 3 aromatic carbocycles. The second kappa shape index (κ2) is 15.5. The molecule has 44 heavy (non-hydrogen) atoms. The van der Waals surface area contributed by atoms with Crippen molar-refractivity contribution < 1.29 is 47.5 Å². The van der Waals surface area contributed by atoms with Gasteiger partial charge in [0.15, 0.2) is 0 Å². The highest BCUT2D eigenvalue weighted by molar-refractivity contribution is 7.52. The molecule has 3 atom stereocenters. The molecule has 0 aliphatic carbocycles.